The molecule has 102 valence electrons. The Morgan fingerprint density at radius 2 is 2.16 bits per heavy atom. The fraction of sp³-hybridized carbons (Fsp3) is 0.357. The summed E-state index contributed by atoms with van der Waals surface area (Å²) < 4.78 is 16.5. The second-order valence-electron chi connectivity index (χ2n) is 4.41. The Balaban J connectivity index is 2.29. The number of halogens is 2. The van der Waals surface area contributed by atoms with E-state index >= 15 is 0 Å². The Morgan fingerprint density at radius 3 is 2.74 bits per heavy atom. The van der Waals surface area contributed by atoms with Crippen LogP contribution in [0.15, 0.2) is 34.9 Å². The molecule has 0 fully saturated rings. The number of aryl methyl sites for hydroxylation is 1. The molecule has 19 heavy (non-hydrogen) atoms. The van der Waals surface area contributed by atoms with Crippen molar-refractivity contribution >= 4 is 15.9 Å². The van der Waals surface area contributed by atoms with Gasteiger partial charge in [-0.05, 0) is 40.5 Å². The first-order valence-electron chi connectivity index (χ1n) is 6.27. The molecule has 0 aliphatic heterocycles. The molecule has 0 saturated carbocycles. The SMILES string of the molecule is CCNC(Cc1ccccc1F)c1c(Br)cnn1C. The second-order valence-corrected chi connectivity index (χ2v) is 5.26. The zero-order valence-corrected chi connectivity index (χ0v) is 12.6. The minimum Gasteiger partial charge on any atom is -0.309 e. The Kier molecular flexibility index (Phi) is 4.71. The van der Waals surface area contributed by atoms with Gasteiger partial charge in [-0.3, -0.25) is 4.68 Å². The van der Waals surface area contributed by atoms with Crippen LogP contribution in [0.4, 0.5) is 4.39 Å². The molecule has 1 heterocycles. The van der Waals surface area contributed by atoms with E-state index in [2.05, 4.69) is 26.3 Å². The van der Waals surface area contributed by atoms with Crippen LogP contribution in [0.2, 0.25) is 0 Å². The summed E-state index contributed by atoms with van der Waals surface area (Å²) in [5.41, 5.74) is 1.74. The van der Waals surface area contributed by atoms with E-state index in [4.69, 9.17) is 0 Å². The highest BCUT2D eigenvalue weighted by Gasteiger charge is 2.19. The average molecular weight is 326 g/mol. The van der Waals surface area contributed by atoms with Crippen LogP contribution in [0.25, 0.3) is 0 Å². The van der Waals surface area contributed by atoms with Gasteiger partial charge in [-0.2, -0.15) is 5.10 Å². The smallest absolute Gasteiger partial charge is 0.126 e. The Labute approximate surface area is 121 Å². The second kappa shape index (κ2) is 6.30. The molecule has 0 aliphatic rings. The molecule has 0 saturated heterocycles. The monoisotopic (exact) mass is 325 g/mol. The highest BCUT2D eigenvalue weighted by Crippen LogP contribution is 2.26. The molecule has 2 rings (SSSR count). The molecule has 5 heteroatoms. The van der Waals surface area contributed by atoms with Gasteiger partial charge in [0.05, 0.1) is 22.4 Å². The van der Waals surface area contributed by atoms with E-state index in [0.29, 0.717) is 12.0 Å². The maximum Gasteiger partial charge on any atom is 0.126 e. The average Bonchev–Trinajstić information content (AvgIpc) is 2.71. The number of likely N-dealkylation sites (N-methyl/N-ethyl adjacent to an activating group) is 1. The van der Waals surface area contributed by atoms with Crippen LogP contribution in [-0.2, 0) is 13.5 Å². The molecule has 1 aromatic carbocycles. The maximum atomic E-state index is 13.8. The minimum absolute atomic E-state index is 0.0313. The van der Waals surface area contributed by atoms with Gasteiger partial charge in [-0.25, -0.2) is 4.39 Å². The third-order valence-corrected chi connectivity index (χ3v) is 3.71. The van der Waals surface area contributed by atoms with Gasteiger partial charge in [0.25, 0.3) is 0 Å². The Morgan fingerprint density at radius 1 is 1.42 bits per heavy atom. The van der Waals surface area contributed by atoms with E-state index in [1.54, 1.807) is 12.3 Å². The van der Waals surface area contributed by atoms with E-state index in [-0.39, 0.29) is 11.9 Å². The predicted molar refractivity (Wildman–Crippen MR) is 77.4 cm³/mol. The molecule has 3 nitrogen and oxygen atoms in total. The molecule has 1 atom stereocenters. The van der Waals surface area contributed by atoms with Crippen molar-refractivity contribution in [3.63, 3.8) is 0 Å². The summed E-state index contributed by atoms with van der Waals surface area (Å²) >= 11 is 3.50. The number of nitrogens with one attached hydrogen (secondary N) is 1. The van der Waals surface area contributed by atoms with Gasteiger partial charge in [0, 0.05) is 7.05 Å². The first-order chi connectivity index (χ1) is 9.13. The van der Waals surface area contributed by atoms with Crippen LogP contribution in [0.5, 0.6) is 0 Å². The molecular weight excluding hydrogens is 309 g/mol. The summed E-state index contributed by atoms with van der Waals surface area (Å²) in [6, 6.07) is 6.92. The molecule has 1 unspecified atom stereocenters. The lowest BCUT2D eigenvalue weighted by Gasteiger charge is -2.19. The van der Waals surface area contributed by atoms with E-state index in [0.717, 1.165) is 16.7 Å². The number of aromatic nitrogens is 2. The van der Waals surface area contributed by atoms with Gasteiger partial charge in [0.1, 0.15) is 5.82 Å². The Hall–Kier alpha value is -1.20. The van der Waals surface area contributed by atoms with Crippen molar-refractivity contribution in [3.05, 3.63) is 52.0 Å². The van der Waals surface area contributed by atoms with Crippen molar-refractivity contribution in [1.82, 2.24) is 15.1 Å². The molecule has 0 aliphatic carbocycles. The number of rotatable bonds is 5. The fourth-order valence-electron chi connectivity index (χ4n) is 2.21. The lowest BCUT2D eigenvalue weighted by molar-refractivity contribution is 0.493. The summed E-state index contributed by atoms with van der Waals surface area (Å²) in [5.74, 6) is -0.163. The highest BCUT2D eigenvalue weighted by atomic mass is 79.9. The predicted octanol–water partition coefficient (Wildman–Crippen LogP) is 3.22. The summed E-state index contributed by atoms with van der Waals surface area (Å²) in [5, 5.41) is 7.60. The van der Waals surface area contributed by atoms with Gasteiger partial charge >= 0.3 is 0 Å². The van der Waals surface area contributed by atoms with Gasteiger partial charge < -0.3 is 5.32 Å². The molecule has 1 N–H and O–H groups in total. The molecule has 2 aromatic rings. The quantitative estimate of drug-likeness (QED) is 0.914. The first kappa shape index (κ1) is 14.2. The van der Waals surface area contributed by atoms with Crippen molar-refractivity contribution in [3.8, 4) is 0 Å². The van der Waals surface area contributed by atoms with Gasteiger partial charge in [0.2, 0.25) is 0 Å². The Bertz CT molecular complexity index is 534. The number of hydrogen-bond acceptors (Lipinski definition) is 2. The molecule has 0 spiro atoms. The van der Waals surface area contributed by atoms with Crippen molar-refractivity contribution in [2.45, 2.75) is 19.4 Å². The number of hydrogen-bond donors (Lipinski definition) is 1. The molecule has 1 aromatic heterocycles. The van der Waals surface area contributed by atoms with Gasteiger partial charge in [0.15, 0.2) is 0 Å². The van der Waals surface area contributed by atoms with Crippen LogP contribution in [0.1, 0.15) is 24.2 Å². The van der Waals surface area contributed by atoms with Crippen LogP contribution >= 0.6 is 15.9 Å². The van der Waals surface area contributed by atoms with Crippen LogP contribution in [-0.4, -0.2) is 16.3 Å². The van der Waals surface area contributed by atoms with E-state index in [9.17, 15) is 4.39 Å². The zero-order valence-electron chi connectivity index (χ0n) is 11.0. The summed E-state index contributed by atoms with van der Waals surface area (Å²) in [6.07, 6.45) is 2.36. The lowest BCUT2D eigenvalue weighted by atomic mass is 10.0. The fourth-order valence-corrected chi connectivity index (χ4v) is 2.83. The molecule has 0 radical (unpaired) electrons. The van der Waals surface area contributed by atoms with Crippen LogP contribution in [0, 0.1) is 5.82 Å². The number of nitrogens with zero attached hydrogens (tertiary/aromatic N) is 2. The third-order valence-electron chi connectivity index (χ3n) is 3.10. The van der Waals surface area contributed by atoms with Crippen molar-refractivity contribution in [2.24, 2.45) is 7.05 Å². The molecule has 0 bridgehead atoms. The lowest BCUT2D eigenvalue weighted by Crippen LogP contribution is -2.25. The highest BCUT2D eigenvalue weighted by molar-refractivity contribution is 9.10. The van der Waals surface area contributed by atoms with Gasteiger partial charge in [-0.15, -0.1) is 0 Å². The van der Waals surface area contributed by atoms with Crippen molar-refractivity contribution < 1.29 is 4.39 Å². The molecule has 0 amide bonds. The standard InChI is InChI=1S/C14H17BrFN3/c1-3-17-13(14-11(15)9-18-19(14)2)8-10-6-4-5-7-12(10)16/h4-7,9,13,17H,3,8H2,1-2H3. The van der Waals surface area contributed by atoms with Crippen molar-refractivity contribution in [1.29, 1.82) is 0 Å². The minimum atomic E-state index is -0.163. The normalized spacial score (nSPS) is 12.6. The summed E-state index contributed by atoms with van der Waals surface area (Å²) in [6.45, 7) is 2.86. The van der Waals surface area contributed by atoms with Crippen LogP contribution < -0.4 is 5.32 Å². The van der Waals surface area contributed by atoms with Gasteiger partial charge in [-0.1, -0.05) is 25.1 Å². The summed E-state index contributed by atoms with van der Waals surface area (Å²) in [4.78, 5) is 0. The number of benzene rings is 1. The largest absolute Gasteiger partial charge is 0.309 e. The third kappa shape index (κ3) is 3.22. The van der Waals surface area contributed by atoms with Crippen molar-refractivity contribution in [2.75, 3.05) is 6.54 Å². The first-order valence-corrected chi connectivity index (χ1v) is 7.07. The maximum absolute atomic E-state index is 13.8. The molecular formula is C14H17BrFN3. The van der Waals surface area contributed by atoms with E-state index in [1.807, 2.05) is 30.8 Å². The van der Waals surface area contributed by atoms with E-state index in [1.165, 1.54) is 6.07 Å². The van der Waals surface area contributed by atoms with E-state index < -0.39 is 0 Å². The zero-order chi connectivity index (χ0) is 13.8. The topological polar surface area (TPSA) is 29.9 Å². The van der Waals surface area contributed by atoms with Crippen LogP contribution in [0.3, 0.4) is 0 Å². The summed E-state index contributed by atoms with van der Waals surface area (Å²) in [7, 11) is 1.89.